The van der Waals surface area contributed by atoms with Crippen LogP contribution in [-0.4, -0.2) is 31.7 Å². The Labute approximate surface area is 193 Å². The quantitative estimate of drug-likeness (QED) is 0.404. The van der Waals surface area contributed by atoms with Gasteiger partial charge < -0.3 is 10.1 Å². The molecule has 3 aromatic carbocycles. The standard InChI is InChI=1S/C25H24N4O3S/c1-29(33(2,30)31)21-12-8-11-20(15-21)28-25-16-23(26-18-27-25)22-13-6-7-14-24(22)32-17-19-9-4-3-5-10-19/h3-16,18H,17H2,1-2H3,(H,26,27,28). The van der Waals surface area contributed by atoms with Crippen molar-refractivity contribution in [3.8, 4) is 17.0 Å². The van der Waals surface area contributed by atoms with E-state index in [0.717, 1.165) is 16.9 Å². The van der Waals surface area contributed by atoms with E-state index in [2.05, 4.69) is 15.3 Å². The second kappa shape index (κ2) is 9.70. The van der Waals surface area contributed by atoms with Gasteiger partial charge in [0.1, 0.15) is 24.5 Å². The molecule has 0 bridgehead atoms. The average Bonchev–Trinajstić information content (AvgIpc) is 2.83. The largest absolute Gasteiger partial charge is 0.488 e. The summed E-state index contributed by atoms with van der Waals surface area (Å²) >= 11 is 0. The highest BCUT2D eigenvalue weighted by molar-refractivity contribution is 7.92. The number of benzene rings is 3. The number of hydrogen-bond donors (Lipinski definition) is 1. The molecule has 4 aromatic rings. The summed E-state index contributed by atoms with van der Waals surface area (Å²) in [7, 11) is -1.84. The summed E-state index contributed by atoms with van der Waals surface area (Å²) in [6, 6.07) is 26.6. The highest BCUT2D eigenvalue weighted by Gasteiger charge is 2.13. The van der Waals surface area contributed by atoms with Crippen molar-refractivity contribution in [2.24, 2.45) is 0 Å². The van der Waals surface area contributed by atoms with Crippen LogP contribution in [0.15, 0.2) is 91.3 Å². The van der Waals surface area contributed by atoms with E-state index in [0.29, 0.717) is 29.5 Å². The zero-order chi connectivity index (χ0) is 23.3. The summed E-state index contributed by atoms with van der Waals surface area (Å²) in [5.41, 5.74) is 3.90. The molecule has 1 heterocycles. The monoisotopic (exact) mass is 460 g/mol. The van der Waals surface area contributed by atoms with Crippen molar-refractivity contribution in [3.63, 3.8) is 0 Å². The van der Waals surface area contributed by atoms with Gasteiger partial charge in [-0.3, -0.25) is 4.31 Å². The van der Waals surface area contributed by atoms with Crippen LogP contribution in [-0.2, 0) is 16.6 Å². The second-order valence-electron chi connectivity index (χ2n) is 7.46. The van der Waals surface area contributed by atoms with Crippen LogP contribution in [0.25, 0.3) is 11.3 Å². The number of anilines is 3. The van der Waals surface area contributed by atoms with Gasteiger partial charge in [-0.25, -0.2) is 18.4 Å². The maximum atomic E-state index is 11.9. The van der Waals surface area contributed by atoms with Gasteiger partial charge in [0.2, 0.25) is 10.0 Å². The molecule has 4 rings (SSSR count). The molecule has 0 atom stereocenters. The number of hydrogen-bond acceptors (Lipinski definition) is 6. The Kier molecular flexibility index (Phi) is 6.55. The van der Waals surface area contributed by atoms with Crippen LogP contribution < -0.4 is 14.4 Å². The number of para-hydroxylation sites is 1. The first-order valence-electron chi connectivity index (χ1n) is 10.3. The Morgan fingerprint density at radius 2 is 1.67 bits per heavy atom. The van der Waals surface area contributed by atoms with Gasteiger partial charge in [-0.15, -0.1) is 0 Å². The van der Waals surface area contributed by atoms with Crippen molar-refractivity contribution in [1.29, 1.82) is 0 Å². The molecule has 0 amide bonds. The van der Waals surface area contributed by atoms with E-state index in [-0.39, 0.29) is 0 Å². The SMILES string of the molecule is CN(c1cccc(Nc2cc(-c3ccccc3OCc3ccccc3)ncn2)c1)S(C)(=O)=O. The maximum absolute atomic E-state index is 11.9. The summed E-state index contributed by atoms with van der Waals surface area (Å²) in [6.45, 7) is 0.453. The third kappa shape index (κ3) is 5.67. The van der Waals surface area contributed by atoms with Gasteiger partial charge in [0.15, 0.2) is 0 Å². The van der Waals surface area contributed by atoms with E-state index in [9.17, 15) is 8.42 Å². The molecule has 0 aliphatic heterocycles. The van der Waals surface area contributed by atoms with Crippen molar-refractivity contribution < 1.29 is 13.2 Å². The van der Waals surface area contributed by atoms with E-state index in [1.165, 1.54) is 23.9 Å². The normalized spacial score (nSPS) is 11.1. The molecule has 0 fully saturated rings. The highest BCUT2D eigenvalue weighted by Crippen LogP contribution is 2.31. The lowest BCUT2D eigenvalue weighted by Gasteiger charge is -2.17. The molecule has 0 saturated carbocycles. The Bertz CT molecular complexity index is 1340. The van der Waals surface area contributed by atoms with Gasteiger partial charge in [0.05, 0.1) is 17.6 Å². The molecule has 7 nitrogen and oxygen atoms in total. The summed E-state index contributed by atoms with van der Waals surface area (Å²) in [6.07, 6.45) is 2.65. The number of aromatic nitrogens is 2. The zero-order valence-corrected chi connectivity index (χ0v) is 19.2. The van der Waals surface area contributed by atoms with Crippen LogP contribution in [0.4, 0.5) is 17.2 Å². The van der Waals surface area contributed by atoms with E-state index >= 15 is 0 Å². The van der Waals surface area contributed by atoms with Crippen LogP contribution in [0.1, 0.15) is 5.56 Å². The van der Waals surface area contributed by atoms with Crippen molar-refractivity contribution in [2.75, 3.05) is 22.9 Å². The van der Waals surface area contributed by atoms with Gasteiger partial charge in [-0.1, -0.05) is 48.5 Å². The fourth-order valence-electron chi connectivity index (χ4n) is 3.23. The molecule has 0 spiro atoms. The second-order valence-corrected chi connectivity index (χ2v) is 9.48. The van der Waals surface area contributed by atoms with Crippen LogP contribution in [0.5, 0.6) is 5.75 Å². The first-order valence-corrected chi connectivity index (χ1v) is 12.1. The van der Waals surface area contributed by atoms with E-state index < -0.39 is 10.0 Å². The molecule has 1 aromatic heterocycles. The third-order valence-corrected chi connectivity index (χ3v) is 6.25. The summed E-state index contributed by atoms with van der Waals surface area (Å²) < 4.78 is 31.0. The third-order valence-electron chi connectivity index (χ3n) is 5.05. The van der Waals surface area contributed by atoms with Gasteiger partial charge in [0.25, 0.3) is 0 Å². The number of rotatable bonds is 8. The number of nitrogens with zero attached hydrogens (tertiary/aromatic N) is 3. The molecule has 168 valence electrons. The van der Waals surface area contributed by atoms with Crippen LogP contribution >= 0.6 is 0 Å². The molecular weight excluding hydrogens is 436 g/mol. The van der Waals surface area contributed by atoms with Crippen LogP contribution in [0.3, 0.4) is 0 Å². The Balaban J connectivity index is 1.56. The lowest BCUT2D eigenvalue weighted by molar-refractivity contribution is 0.307. The number of nitrogens with one attached hydrogen (secondary N) is 1. The molecular formula is C25H24N4O3S. The molecule has 0 aliphatic carbocycles. The van der Waals surface area contributed by atoms with E-state index in [4.69, 9.17) is 4.74 Å². The highest BCUT2D eigenvalue weighted by atomic mass is 32.2. The lowest BCUT2D eigenvalue weighted by atomic mass is 10.1. The fraction of sp³-hybridized carbons (Fsp3) is 0.120. The minimum atomic E-state index is -3.35. The van der Waals surface area contributed by atoms with E-state index in [1.807, 2.05) is 66.7 Å². The van der Waals surface area contributed by atoms with Gasteiger partial charge in [0, 0.05) is 24.4 Å². The summed E-state index contributed by atoms with van der Waals surface area (Å²) in [4.78, 5) is 8.74. The Morgan fingerprint density at radius 1 is 0.909 bits per heavy atom. The van der Waals surface area contributed by atoms with Crippen LogP contribution in [0, 0.1) is 0 Å². The predicted molar refractivity (Wildman–Crippen MR) is 131 cm³/mol. The average molecular weight is 461 g/mol. The Hall–Kier alpha value is -3.91. The Morgan fingerprint density at radius 3 is 2.45 bits per heavy atom. The van der Waals surface area contributed by atoms with Crippen molar-refractivity contribution >= 4 is 27.2 Å². The smallest absolute Gasteiger partial charge is 0.231 e. The van der Waals surface area contributed by atoms with Crippen LogP contribution in [0.2, 0.25) is 0 Å². The van der Waals surface area contributed by atoms with Crippen molar-refractivity contribution in [1.82, 2.24) is 9.97 Å². The minimum absolute atomic E-state index is 0.453. The first-order chi connectivity index (χ1) is 15.9. The zero-order valence-electron chi connectivity index (χ0n) is 18.3. The van der Waals surface area contributed by atoms with Crippen molar-refractivity contribution in [3.05, 3.63) is 96.8 Å². The van der Waals surface area contributed by atoms with Crippen molar-refractivity contribution in [2.45, 2.75) is 6.61 Å². The summed E-state index contributed by atoms with van der Waals surface area (Å²) in [5, 5.41) is 3.22. The van der Waals surface area contributed by atoms with Gasteiger partial charge >= 0.3 is 0 Å². The van der Waals surface area contributed by atoms with Gasteiger partial charge in [-0.05, 0) is 35.9 Å². The van der Waals surface area contributed by atoms with E-state index in [1.54, 1.807) is 18.2 Å². The molecule has 0 aliphatic rings. The van der Waals surface area contributed by atoms with Gasteiger partial charge in [-0.2, -0.15) is 0 Å². The maximum Gasteiger partial charge on any atom is 0.231 e. The fourth-order valence-corrected chi connectivity index (χ4v) is 3.73. The number of ether oxygens (including phenoxy) is 1. The lowest BCUT2D eigenvalue weighted by Crippen LogP contribution is -2.24. The summed E-state index contributed by atoms with van der Waals surface area (Å²) in [5.74, 6) is 1.31. The molecule has 0 saturated heterocycles. The molecule has 33 heavy (non-hydrogen) atoms. The topological polar surface area (TPSA) is 84.4 Å². The molecule has 0 unspecified atom stereocenters. The predicted octanol–water partition coefficient (Wildman–Crippen LogP) is 4.86. The first kappa shape index (κ1) is 22.3. The molecule has 0 radical (unpaired) electrons. The minimum Gasteiger partial charge on any atom is -0.488 e. The molecule has 1 N–H and O–H groups in total. The molecule has 8 heteroatoms. The number of sulfonamides is 1.